The van der Waals surface area contributed by atoms with E-state index in [9.17, 15) is 30.7 Å². The van der Waals surface area contributed by atoms with Crippen LogP contribution in [0.5, 0.6) is 5.19 Å². The molecule has 2 aromatic rings. The van der Waals surface area contributed by atoms with Gasteiger partial charge in [0.1, 0.15) is 0 Å². The second-order valence-corrected chi connectivity index (χ2v) is 11.5. The monoisotopic (exact) mass is 498 g/mol. The van der Waals surface area contributed by atoms with Gasteiger partial charge in [-0.1, -0.05) is 11.3 Å². The van der Waals surface area contributed by atoms with Gasteiger partial charge in [0.25, 0.3) is 20.2 Å². The molecule has 1 aromatic heterocycles. The van der Waals surface area contributed by atoms with Crippen molar-refractivity contribution in [3.63, 3.8) is 0 Å². The van der Waals surface area contributed by atoms with Crippen molar-refractivity contribution in [2.45, 2.75) is 35.8 Å². The van der Waals surface area contributed by atoms with Gasteiger partial charge in [0.05, 0.1) is 20.7 Å². The van der Waals surface area contributed by atoms with Crippen molar-refractivity contribution < 1.29 is 40.0 Å². The molecule has 0 bridgehead atoms. The van der Waals surface area contributed by atoms with Crippen molar-refractivity contribution in [1.29, 1.82) is 0 Å². The Hall–Kier alpha value is -1.49. The second-order valence-electron chi connectivity index (χ2n) is 6.60. The van der Waals surface area contributed by atoms with E-state index in [0.29, 0.717) is 22.3 Å². The predicted molar refractivity (Wildman–Crippen MR) is 112 cm³/mol. The fourth-order valence-corrected chi connectivity index (χ4v) is 6.39. The average molecular weight is 499 g/mol. The van der Waals surface area contributed by atoms with Crippen LogP contribution in [0.2, 0.25) is 0 Å². The van der Waals surface area contributed by atoms with Crippen LogP contribution in [0.3, 0.4) is 0 Å². The number of aromatic nitrogens is 1. The lowest BCUT2D eigenvalue weighted by Gasteiger charge is -2.37. The molecule has 1 amide bonds. The summed E-state index contributed by atoms with van der Waals surface area (Å²) >= 11 is 2.14. The van der Waals surface area contributed by atoms with Crippen LogP contribution in [0, 0.1) is 0 Å². The molecule has 30 heavy (non-hydrogen) atoms. The van der Waals surface area contributed by atoms with Gasteiger partial charge in [-0.2, -0.15) is 21.8 Å². The third kappa shape index (κ3) is 5.22. The van der Waals surface area contributed by atoms with Gasteiger partial charge in [-0.3, -0.25) is 18.8 Å². The molecule has 1 aliphatic rings. The van der Waals surface area contributed by atoms with Crippen molar-refractivity contribution in [3.8, 4) is 5.19 Å². The largest absolute Gasteiger partial charge is 0.315 e. The molecule has 0 radical (unpaired) electrons. The number of nitrogens with zero attached hydrogens (tertiary/aromatic N) is 2. The number of carbonyl (C=O) groups is 1. The highest BCUT2D eigenvalue weighted by molar-refractivity contribution is 7.93. The molecule has 1 aromatic carbocycles. The molecule has 0 aliphatic heterocycles. The molecule has 1 fully saturated rings. The molecule has 1 aliphatic carbocycles. The van der Waals surface area contributed by atoms with Crippen LogP contribution in [0.1, 0.15) is 19.3 Å². The van der Waals surface area contributed by atoms with Crippen LogP contribution in [0.15, 0.2) is 18.2 Å². The van der Waals surface area contributed by atoms with Gasteiger partial charge in [0.2, 0.25) is 6.41 Å². The summed E-state index contributed by atoms with van der Waals surface area (Å²) in [5.74, 6) is 0. The summed E-state index contributed by atoms with van der Waals surface area (Å²) in [6.45, 7) is 0. The van der Waals surface area contributed by atoms with Crippen LogP contribution in [-0.4, -0.2) is 60.1 Å². The van der Waals surface area contributed by atoms with Crippen molar-refractivity contribution in [3.05, 3.63) is 18.2 Å². The maximum absolute atomic E-state index is 11.8. The lowest BCUT2D eigenvalue weighted by atomic mass is 9.93. The second kappa shape index (κ2) is 8.94. The number of rotatable bonds is 8. The van der Waals surface area contributed by atoms with Crippen molar-refractivity contribution in [1.82, 2.24) is 4.98 Å². The van der Waals surface area contributed by atoms with Gasteiger partial charge in [-0.15, -0.1) is 4.33 Å². The molecule has 2 unspecified atom stereocenters. The number of carbonyl (C=O) groups excluding carboxylic acids is 1. The molecule has 15 heteroatoms. The normalized spacial score (nSPS) is 22.7. The number of benzene rings is 1. The maximum atomic E-state index is 11.8. The molecular weight excluding hydrogens is 480 g/mol. The first-order chi connectivity index (χ1) is 14.0. The van der Waals surface area contributed by atoms with Gasteiger partial charge in [-0.05, 0) is 37.5 Å². The zero-order chi connectivity index (χ0) is 22.1. The standard InChI is InChI=1S/C15H18N2O9S4/c1-27-26-25-15-16-13-3-2-9(6-14(13)28-15)17(8-18)10-4-11(29(19,20)21)7-12(5-10)30(22,23)24/h2-3,6,8,10-12H,4-5,7H2,1H3,(H,19,20,21)(H,22,23,24). The first kappa shape index (κ1) is 23.2. The van der Waals surface area contributed by atoms with Crippen molar-refractivity contribution in [2.24, 2.45) is 0 Å². The Balaban J connectivity index is 1.93. The van der Waals surface area contributed by atoms with Crippen LogP contribution >= 0.6 is 23.4 Å². The SMILES string of the molecule is CSOOc1nc2ccc(N(C=O)C3CC(S(=O)(=O)O)CC(S(=O)(=O)O)C3)cc2s1. The quantitative estimate of drug-likeness (QED) is 0.180. The maximum Gasteiger partial charge on any atom is 0.315 e. The van der Waals surface area contributed by atoms with E-state index in [4.69, 9.17) is 9.22 Å². The average Bonchev–Trinajstić information content (AvgIpc) is 3.07. The summed E-state index contributed by atoms with van der Waals surface area (Å²) in [7, 11) is -9.15. The Morgan fingerprint density at radius 1 is 1.17 bits per heavy atom. The first-order valence-corrected chi connectivity index (χ1v) is 13.4. The fraction of sp³-hybridized carbons (Fsp3) is 0.467. The summed E-state index contributed by atoms with van der Waals surface area (Å²) in [6.07, 6.45) is 1.30. The minimum Gasteiger partial charge on any atom is -0.312 e. The lowest BCUT2D eigenvalue weighted by Crippen LogP contribution is -2.48. The Bertz CT molecular complexity index is 1090. The summed E-state index contributed by atoms with van der Waals surface area (Å²) in [6, 6.07) is 3.92. The smallest absolute Gasteiger partial charge is 0.312 e. The molecular formula is C15H18N2O9S4. The zero-order valence-electron chi connectivity index (χ0n) is 15.4. The fourth-order valence-electron chi connectivity index (χ4n) is 3.41. The number of amides is 1. The molecule has 2 N–H and O–H groups in total. The predicted octanol–water partition coefficient (Wildman–Crippen LogP) is 1.91. The van der Waals surface area contributed by atoms with E-state index >= 15 is 0 Å². The number of anilines is 1. The zero-order valence-corrected chi connectivity index (χ0v) is 18.7. The molecule has 1 saturated carbocycles. The van der Waals surface area contributed by atoms with E-state index < -0.39 is 43.2 Å². The van der Waals surface area contributed by atoms with E-state index in [1.807, 2.05) is 0 Å². The third-order valence-electron chi connectivity index (χ3n) is 4.77. The highest BCUT2D eigenvalue weighted by Gasteiger charge is 2.42. The molecule has 166 valence electrons. The number of hydrogen-bond donors (Lipinski definition) is 2. The first-order valence-electron chi connectivity index (χ1n) is 8.47. The summed E-state index contributed by atoms with van der Waals surface area (Å²) in [5.41, 5.74) is 0.943. The van der Waals surface area contributed by atoms with Crippen molar-refractivity contribution in [2.75, 3.05) is 11.2 Å². The summed E-state index contributed by atoms with van der Waals surface area (Å²) in [4.78, 5) is 22.2. The highest BCUT2D eigenvalue weighted by atomic mass is 32.2. The Labute approximate surface area is 181 Å². The molecule has 0 saturated heterocycles. The van der Waals surface area contributed by atoms with Gasteiger partial charge in [-0.25, -0.2) is 0 Å². The van der Waals surface area contributed by atoms with Gasteiger partial charge in [0, 0.05) is 30.0 Å². The summed E-state index contributed by atoms with van der Waals surface area (Å²) < 4.78 is 70.9. The van der Waals surface area contributed by atoms with Crippen molar-refractivity contribution >= 4 is 65.9 Å². The van der Waals surface area contributed by atoms with Gasteiger partial charge >= 0.3 is 5.19 Å². The molecule has 1 heterocycles. The highest BCUT2D eigenvalue weighted by Crippen LogP contribution is 2.36. The van der Waals surface area contributed by atoms with E-state index in [2.05, 4.69) is 4.98 Å². The van der Waals surface area contributed by atoms with Crippen LogP contribution in [0.4, 0.5) is 5.69 Å². The molecule has 11 nitrogen and oxygen atoms in total. The van der Waals surface area contributed by atoms with Gasteiger partial charge in [0.15, 0.2) is 0 Å². The topological polar surface area (TPSA) is 160 Å². The number of fused-ring (bicyclic) bond motifs is 1. The minimum atomic E-state index is -4.57. The molecule has 3 rings (SSSR count). The minimum absolute atomic E-state index is 0.180. The Kier molecular flexibility index (Phi) is 6.91. The van der Waals surface area contributed by atoms with E-state index in [1.54, 1.807) is 24.5 Å². The van der Waals surface area contributed by atoms with E-state index in [0.717, 1.165) is 23.4 Å². The van der Waals surface area contributed by atoms with E-state index in [1.165, 1.54) is 4.90 Å². The van der Waals surface area contributed by atoms with Gasteiger partial charge < -0.3 is 4.90 Å². The number of thiazole rings is 1. The van der Waals surface area contributed by atoms with Crippen LogP contribution in [0.25, 0.3) is 10.2 Å². The van der Waals surface area contributed by atoms with Crippen LogP contribution < -0.4 is 9.79 Å². The summed E-state index contributed by atoms with van der Waals surface area (Å²) in [5, 5.41) is -2.62. The Morgan fingerprint density at radius 2 is 1.80 bits per heavy atom. The van der Waals surface area contributed by atoms with E-state index in [-0.39, 0.29) is 18.0 Å². The Morgan fingerprint density at radius 3 is 2.33 bits per heavy atom. The van der Waals surface area contributed by atoms with Crippen LogP contribution in [-0.2, 0) is 29.4 Å². The third-order valence-corrected chi connectivity index (χ3v) is 8.31. The molecule has 0 spiro atoms. The lowest BCUT2D eigenvalue weighted by molar-refractivity contribution is -0.108. The number of hydrogen-bond acceptors (Lipinski definition) is 10. The molecule has 2 atom stereocenters.